The Labute approximate surface area is 83.2 Å². The minimum absolute atomic E-state index is 0.123. The molecule has 0 saturated carbocycles. The minimum Gasteiger partial charge on any atom is -0.301 e. The van der Waals surface area contributed by atoms with Crippen molar-refractivity contribution >= 4 is 10.0 Å². The van der Waals surface area contributed by atoms with E-state index >= 15 is 0 Å². The van der Waals surface area contributed by atoms with Crippen molar-refractivity contribution < 1.29 is 8.42 Å². The number of rotatable bonds is 3. The number of nitrogens with two attached hydrogens (primary N) is 1. The second-order valence-electron chi connectivity index (χ2n) is 3.28. The highest BCUT2D eigenvalue weighted by molar-refractivity contribution is 7.89. The molecule has 0 aliphatic carbocycles. The molecule has 0 aliphatic heterocycles. The smallest absolute Gasteiger partial charge is 0.273 e. The summed E-state index contributed by atoms with van der Waals surface area (Å²) in [5.41, 5.74) is 0. The van der Waals surface area contributed by atoms with Crippen molar-refractivity contribution in [3.8, 4) is 0 Å². The lowest BCUT2D eigenvalue weighted by molar-refractivity contribution is 0.558. The van der Waals surface area contributed by atoms with Crippen LogP contribution in [0.15, 0.2) is 5.16 Å². The van der Waals surface area contributed by atoms with Gasteiger partial charge in [0.25, 0.3) is 15.2 Å². The first-order chi connectivity index (χ1) is 6.38. The maximum atomic E-state index is 11.1. The molecule has 14 heavy (non-hydrogen) atoms. The van der Waals surface area contributed by atoms with Gasteiger partial charge in [-0.15, -0.1) is 10.2 Å². The first kappa shape index (κ1) is 11.1. The SMILES string of the molecule is CCn1c(C(C)C)nnc1S(N)(=O)=O. The summed E-state index contributed by atoms with van der Waals surface area (Å²) in [4.78, 5) is 0. The van der Waals surface area contributed by atoms with E-state index in [1.165, 1.54) is 4.57 Å². The summed E-state index contributed by atoms with van der Waals surface area (Å²) in [5.74, 6) is 0.759. The standard InChI is InChI=1S/C7H14N4O2S/c1-4-11-6(5(2)3)9-10-7(11)14(8,12)13/h5H,4H2,1-3H3,(H2,8,12,13). The fourth-order valence-electron chi connectivity index (χ4n) is 1.23. The van der Waals surface area contributed by atoms with Crippen LogP contribution in [0, 0.1) is 0 Å². The van der Waals surface area contributed by atoms with E-state index in [-0.39, 0.29) is 11.1 Å². The molecule has 0 radical (unpaired) electrons. The summed E-state index contributed by atoms with van der Waals surface area (Å²) in [6.07, 6.45) is 0. The first-order valence-electron chi connectivity index (χ1n) is 4.33. The van der Waals surface area contributed by atoms with E-state index in [0.717, 1.165) is 0 Å². The summed E-state index contributed by atoms with van der Waals surface area (Å²) in [7, 11) is -3.77. The van der Waals surface area contributed by atoms with E-state index in [2.05, 4.69) is 10.2 Å². The zero-order valence-corrected chi connectivity index (χ0v) is 9.24. The molecule has 0 aromatic carbocycles. The summed E-state index contributed by atoms with van der Waals surface area (Å²) in [6, 6.07) is 0. The summed E-state index contributed by atoms with van der Waals surface area (Å²) in [5, 5.41) is 12.2. The molecule has 0 bridgehead atoms. The van der Waals surface area contributed by atoms with Gasteiger partial charge in [0.15, 0.2) is 0 Å². The third-order valence-electron chi connectivity index (χ3n) is 1.83. The van der Waals surface area contributed by atoms with Crippen LogP contribution in [0.4, 0.5) is 0 Å². The van der Waals surface area contributed by atoms with Crippen LogP contribution in [0.5, 0.6) is 0 Å². The van der Waals surface area contributed by atoms with E-state index in [0.29, 0.717) is 12.4 Å². The molecule has 1 aromatic heterocycles. The molecule has 0 saturated heterocycles. The first-order valence-corrected chi connectivity index (χ1v) is 5.88. The molecule has 1 heterocycles. The molecule has 0 spiro atoms. The van der Waals surface area contributed by atoms with Crippen molar-refractivity contribution in [2.45, 2.75) is 38.4 Å². The molecule has 6 nitrogen and oxygen atoms in total. The molecule has 2 N–H and O–H groups in total. The summed E-state index contributed by atoms with van der Waals surface area (Å²) >= 11 is 0. The molecule has 80 valence electrons. The third kappa shape index (κ3) is 1.93. The van der Waals surface area contributed by atoms with Crippen LogP contribution in [-0.2, 0) is 16.6 Å². The molecule has 0 unspecified atom stereocenters. The molecular formula is C7H14N4O2S. The van der Waals surface area contributed by atoms with Crippen LogP contribution >= 0.6 is 0 Å². The minimum atomic E-state index is -3.77. The number of hydrogen-bond donors (Lipinski definition) is 1. The Bertz CT molecular complexity index is 421. The molecule has 0 amide bonds. The van der Waals surface area contributed by atoms with Gasteiger partial charge in [-0.2, -0.15) is 0 Å². The Morgan fingerprint density at radius 3 is 2.36 bits per heavy atom. The molecule has 0 aliphatic rings. The van der Waals surface area contributed by atoms with Crippen molar-refractivity contribution in [2.75, 3.05) is 0 Å². The van der Waals surface area contributed by atoms with Gasteiger partial charge >= 0.3 is 0 Å². The molecule has 1 aromatic rings. The molecule has 0 fully saturated rings. The number of aromatic nitrogens is 3. The Morgan fingerprint density at radius 1 is 1.43 bits per heavy atom. The predicted octanol–water partition coefficient (Wildman–Crippen LogP) is 0.0688. The number of hydrogen-bond acceptors (Lipinski definition) is 4. The van der Waals surface area contributed by atoms with Crippen LogP contribution in [0.3, 0.4) is 0 Å². The van der Waals surface area contributed by atoms with Crippen molar-refractivity contribution in [3.63, 3.8) is 0 Å². The number of nitrogens with zero attached hydrogens (tertiary/aromatic N) is 3. The lowest BCUT2D eigenvalue weighted by Gasteiger charge is -2.07. The average Bonchev–Trinajstić information content (AvgIpc) is 2.45. The van der Waals surface area contributed by atoms with Gasteiger partial charge < -0.3 is 4.57 Å². The van der Waals surface area contributed by atoms with Crippen molar-refractivity contribution in [1.29, 1.82) is 0 Å². The summed E-state index contributed by atoms with van der Waals surface area (Å²) < 4.78 is 23.7. The predicted molar refractivity (Wildman–Crippen MR) is 51.2 cm³/mol. The quantitative estimate of drug-likeness (QED) is 0.777. The van der Waals surface area contributed by atoms with Crippen molar-refractivity contribution in [2.24, 2.45) is 5.14 Å². The van der Waals surface area contributed by atoms with Gasteiger partial charge in [-0.3, -0.25) is 0 Å². The topological polar surface area (TPSA) is 90.9 Å². The Morgan fingerprint density at radius 2 is 2.00 bits per heavy atom. The second-order valence-corrected chi connectivity index (χ2v) is 4.74. The second kappa shape index (κ2) is 3.66. The highest BCUT2D eigenvalue weighted by atomic mass is 32.2. The van der Waals surface area contributed by atoms with E-state index in [4.69, 9.17) is 5.14 Å². The van der Waals surface area contributed by atoms with E-state index in [1.807, 2.05) is 20.8 Å². The van der Waals surface area contributed by atoms with Crippen LogP contribution in [0.1, 0.15) is 32.5 Å². The third-order valence-corrected chi connectivity index (χ3v) is 2.64. The van der Waals surface area contributed by atoms with Crippen molar-refractivity contribution in [3.05, 3.63) is 5.82 Å². The zero-order chi connectivity index (χ0) is 10.9. The van der Waals surface area contributed by atoms with Gasteiger partial charge in [-0.1, -0.05) is 13.8 Å². The maximum Gasteiger partial charge on any atom is 0.273 e. The van der Waals surface area contributed by atoms with E-state index < -0.39 is 10.0 Å². The van der Waals surface area contributed by atoms with E-state index in [9.17, 15) is 8.42 Å². The molecule has 0 atom stereocenters. The molecule has 1 rings (SSSR count). The molecular weight excluding hydrogens is 204 g/mol. The fraction of sp³-hybridized carbons (Fsp3) is 0.714. The average molecular weight is 218 g/mol. The van der Waals surface area contributed by atoms with Crippen LogP contribution in [0.25, 0.3) is 0 Å². The van der Waals surface area contributed by atoms with Gasteiger partial charge in [0.1, 0.15) is 5.82 Å². The summed E-state index contributed by atoms with van der Waals surface area (Å²) in [6.45, 7) is 6.16. The lowest BCUT2D eigenvalue weighted by atomic mass is 10.2. The Hall–Kier alpha value is -0.950. The van der Waals surface area contributed by atoms with Gasteiger partial charge in [0.2, 0.25) is 0 Å². The number of sulfonamides is 1. The monoisotopic (exact) mass is 218 g/mol. The van der Waals surface area contributed by atoms with Gasteiger partial charge in [-0.05, 0) is 6.92 Å². The zero-order valence-electron chi connectivity index (χ0n) is 8.43. The maximum absolute atomic E-state index is 11.1. The normalized spacial score (nSPS) is 12.4. The lowest BCUT2D eigenvalue weighted by Crippen LogP contribution is -2.19. The molecule has 7 heteroatoms. The fourth-order valence-corrected chi connectivity index (χ4v) is 1.92. The van der Waals surface area contributed by atoms with Crippen molar-refractivity contribution in [1.82, 2.24) is 14.8 Å². The van der Waals surface area contributed by atoms with Crippen LogP contribution < -0.4 is 5.14 Å². The largest absolute Gasteiger partial charge is 0.301 e. The highest BCUT2D eigenvalue weighted by Gasteiger charge is 2.21. The van der Waals surface area contributed by atoms with Crippen LogP contribution in [-0.4, -0.2) is 23.2 Å². The Kier molecular flexibility index (Phi) is 2.91. The number of primary sulfonamides is 1. The van der Waals surface area contributed by atoms with Gasteiger partial charge in [-0.25, -0.2) is 13.6 Å². The van der Waals surface area contributed by atoms with Gasteiger partial charge in [0, 0.05) is 12.5 Å². The Balaban J connectivity index is 3.35. The highest BCUT2D eigenvalue weighted by Crippen LogP contribution is 2.15. The van der Waals surface area contributed by atoms with E-state index in [1.54, 1.807) is 0 Å². The van der Waals surface area contributed by atoms with Gasteiger partial charge in [0.05, 0.1) is 0 Å². The van der Waals surface area contributed by atoms with Crippen LogP contribution in [0.2, 0.25) is 0 Å².